The van der Waals surface area contributed by atoms with Gasteiger partial charge in [-0.3, -0.25) is 14.9 Å². The Balaban J connectivity index is 1.30. The van der Waals surface area contributed by atoms with Crippen molar-refractivity contribution in [2.45, 2.75) is 25.3 Å². The fourth-order valence-electron chi connectivity index (χ4n) is 4.36. The van der Waals surface area contributed by atoms with Crippen molar-refractivity contribution < 1.29 is 9.53 Å². The second kappa shape index (κ2) is 9.28. The number of nitrogens with one attached hydrogen (secondary N) is 2. The molecule has 1 aliphatic rings. The Bertz CT molecular complexity index is 1260. The van der Waals surface area contributed by atoms with Crippen LogP contribution in [0.4, 0.5) is 5.82 Å². The quantitative estimate of drug-likeness (QED) is 0.469. The largest absolute Gasteiger partial charge is 0.496 e. The fourth-order valence-corrected chi connectivity index (χ4v) is 4.36. The summed E-state index contributed by atoms with van der Waals surface area (Å²) in [4.78, 5) is 23.8. The van der Waals surface area contributed by atoms with Gasteiger partial charge in [-0.2, -0.15) is 5.10 Å². The highest BCUT2D eigenvalue weighted by Crippen LogP contribution is 2.29. The third kappa shape index (κ3) is 4.37. The van der Waals surface area contributed by atoms with Crippen LogP contribution in [0, 0.1) is 0 Å². The number of ether oxygens (including phenoxy) is 1. The van der Waals surface area contributed by atoms with Crippen molar-refractivity contribution in [2.75, 3.05) is 25.5 Å². The average Bonchev–Trinajstić information content (AvgIpc) is 3.30. The van der Waals surface area contributed by atoms with E-state index in [-0.39, 0.29) is 11.8 Å². The Morgan fingerprint density at radius 1 is 1.18 bits per heavy atom. The lowest BCUT2D eigenvalue weighted by molar-refractivity contribution is 0.0700. The highest BCUT2D eigenvalue weighted by atomic mass is 16.5. The van der Waals surface area contributed by atoms with Crippen molar-refractivity contribution in [1.82, 2.24) is 25.1 Å². The van der Waals surface area contributed by atoms with E-state index in [9.17, 15) is 4.79 Å². The molecule has 0 saturated carbocycles. The van der Waals surface area contributed by atoms with Gasteiger partial charge in [0.05, 0.1) is 12.5 Å². The number of methoxy groups -OCH3 is 1. The first-order valence-corrected chi connectivity index (χ1v) is 11.1. The van der Waals surface area contributed by atoms with Gasteiger partial charge in [0.1, 0.15) is 11.4 Å². The topological polar surface area (TPSA) is 96.0 Å². The smallest absolute Gasteiger partial charge is 0.272 e. The molecule has 5 rings (SSSR count). The van der Waals surface area contributed by atoms with Crippen LogP contribution in [0.15, 0.2) is 60.8 Å². The zero-order chi connectivity index (χ0) is 22.6. The van der Waals surface area contributed by atoms with Crippen LogP contribution in [0.3, 0.4) is 0 Å². The van der Waals surface area contributed by atoms with Gasteiger partial charge in [0, 0.05) is 43.0 Å². The van der Waals surface area contributed by atoms with E-state index in [4.69, 9.17) is 9.72 Å². The number of likely N-dealkylation sites (tertiary alicyclic amines) is 1. The van der Waals surface area contributed by atoms with Crippen LogP contribution < -0.4 is 10.1 Å². The van der Waals surface area contributed by atoms with Crippen LogP contribution >= 0.6 is 0 Å². The molecule has 1 saturated heterocycles. The molecule has 1 aromatic carbocycles. The molecule has 1 amide bonds. The maximum atomic E-state index is 12.8. The summed E-state index contributed by atoms with van der Waals surface area (Å²) in [5.41, 5.74) is 3.26. The summed E-state index contributed by atoms with van der Waals surface area (Å²) in [6, 6.07) is 17.4. The number of aromatic nitrogens is 4. The van der Waals surface area contributed by atoms with Crippen molar-refractivity contribution in [3.05, 3.63) is 77.7 Å². The third-order valence-electron chi connectivity index (χ3n) is 6.10. The Labute approximate surface area is 192 Å². The Morgan fingerprint density at radius 2 is 2.06 bits per heavy atom. The summed E-state index contributed by atoms with van der Waals surface area (Å²) in [6.45, 7) is 1.98. The number of para-hydroxylation sites is 1. The first-order chi connectivity index (χ1) is 16.2. The number of piperidine rings is 1. The normalized spacial score (nSPS) is 16.0. The maximum absolute atomic E-state index is 12.8. The van der Waals surface area contributed by atoms with E-state index < -0.39 is 0 Å². The minimum absolute atomic E-state index is 0.0225. The molecule has 33 heavy (non-hydrogen) atoms. The van der Waals surface area contributed by atoms with Crippen LogP contribution in [-0.2, 0) is 6.54 Å². The second-order valence-corrected chi connectivity index (χ2v) is 8.18. The molecule has 0 aliphatic carbocycles. The molecule has 4 aromatic rings. The predicted molar refractivity (Wildman–Crippen MR) is 126 cm³/mol. The van der Waals surface area contributed by atoms with Crippen molar-refractivity contribution in [3.63, 3.8) is 0 Å². The number of benzene rings is 1. The number of fused-ring (bicyclic) bond motifs is 1. The molecule has 4 heterocycles. The van der Waals surface area contributed by atoms with Gasteiger partial charge in [-0.15, -0.1) is 0 Å². The summed E-state index contributed by atoms with van der Waals surface area (Å²) in [5.74, 6) is 1.76. The molecule has 2 N–H and O–H groups in total. The number of anilines is 1. The van der Waals surface area contributed by atoms with Crippen LogP contribution in [0.25, 0.3) is 11.0 Å². The molecule has 8 heteroatoms. The lowest BCUT2D eigenvalue weighted by Crippen LogP contribution is -2.39. The van der Waals surface area contributed by atoms with E-state index in [2.05, 4.69) is 20.5 Å². The summed E-state index contributed by atoms with van der Waals surface area (Å²) in [7, 11) is 1.67. The first-order valence-electron chi connectivity index (χ1n) is 11.1. The Hall–Kier alpha value is -3.94. The number of hydrogen-bond acceptors (Lipinski definition) is 6. The average molecular weight is 443 g/mol. The van der Waals surface area contributed by atoms with Gasteiger partial charge in [-0.25, -0.2) is 4.98 Å². The number of carbonyl (C=O) groups is 1. The number of hydrogen-bond donors (Lipinski definition) is 2. The molecule has 1 fully saturated rings. The summed E-state index contributed by atoms with van der Waals surface area (Å²) in [5, 5.41) is 11.8. The van der Waals surface area contributed by atoms with Crippen LogP contribution in [0.5, 0.6) is 5.75 Å². The van der Waals surface area contributed by atoms with Gasteiger partial charge in [-0.05, 0) is 43.2 Å². The zero-order valence-electron chi connectivity index (χ0n) is 18.5. The standard InChI is InChI=1S/C25H26N6O2/c1-33-22-10-3-2-7-17(22)15-27-23-19-11-12-20(28-24(19)30-29-23)18-8-6-14-31(16-18)25(32)21-9-4-5-13-26-21/h2-5,7,9-13,18H,6,8,14-16H2,1H3,(H2,27,28,29,30)/t18-/m0/s1. The van der Waals surface area contributed by atoms with E-state index in [1.807, 2.05) is 53.4 Å². The van der Waals surface area contributed by atoms with Gasteiger partial charge >= 0.3 is 0 Å². The summed E-state index contributed by atoms with van der Waals surface area (Å²) >= 11 is 0. The number of carbonyl (C=O) groups excluding carboxylic acids is 1. The van der Waals surface area contributed by atoms with E-state index in [0.717, 1.165) is 53.2 Å². The number of pyridine rings is 2. The van der Waals surface area contributed by atoms with E-state index >= 15 is 0 Å². The second-order valence-electron chi connectivity index (χ2n) is 8.18. The van der Waals surface area contributed by atoms with Crippen LogP contribution in [0.1, 0.15) is 40.5 Å². The van der Waals surface area contributed by atoms with Gasteiger partial charge in [0.25, 0.3) is 5.91 Å². The molecule has 1 atom stereocenters. The number of amides is 1. The summed E-state index contributed by atoms with van der Waals surface area (Å²) < 4.78 is 5.43. The minimum atomic E-state index is -0.0225. The Kier molecular flexibility index (Phi) is 5.89. The molecular weight excluding hydrogens is 416 g/mol. The van der Waals surface area contributed by atoms with Crippen LogP contribution in [0.2, 0.25) is 0 Å². The molecule has 0 unspecified atom stereocenters. The molecule has 0 spiro atoms. The van der Waals surface area contributed by atoms with Crippen LogP contribution in [-0.4, -0.2) is 51.2 Å². The third-order valence-corrected chi connectivity index (χ3v) is 6.10. The van der Waals surface area contributed by atoms with Gasteiger partial charge < -0.3 is 15.0 Å². The molecular formula is C25H26N6O2. The van der Waals surface area contributed by atoms with Crippen molar-refractivity contribution in [3.8, 4) is 5.75 Å². The van der Waals surface area contributed by atoms with Gasteiger partial charge in [0.15, 0.2) is 11.5 Å². The number of rotatable bonds is 6. The minimum Gasteiger partial charge on any atom is -0.496 e. The molecule has 1 aliphatic heterocycles. The molecule has 3 aromatic heterocycles. The monoisotopic (exact) mass is 442 g/mol. The molecule has 0 bridgehead atoms. The highest BCUT2D eigenvalue weighted by Gasteiger charge is 2.27. The fraction of sp³-hybridized carbons (Fsp3) is 0.280. The van der Waals surface area contributed by atoms with E-state index in [0.29, 0.717) is 18.8 Å². The molecule has 8 nitrogen and oxygen atoms in total. The van der Waals surface area contributed by atoms with Gasteiger partial charge in [0.2, 0.25) is 0 Å². The van der Waals surface area contributed by atoms with E-state index in [1.165, 1.54) is 0 Å². The number of nitrogens with zero attached hydrogens (tertiary/aromatic N) is 4. The predicted octanol–water partition coefficient (Wildman–Crippen LogP) is 3.99. The van der Waals surface area contributed by atoms with Crippen molar-refractivity contribution >= 4 is 22.8 Å². The van der Waals surface area contributed by atoms with Crippen molar-refractivity contribution in [2.24, 2.45) is 0 Å². The molecule has 168 valence electrons. The number of aromatic amines is 1. The lowest BCUT2D eigenvalue weighted by Gasteiger charge is -2.32. The Morgan fingerprint density at radius 3 is 2.91 bits per heavy atom. The molecule has 0 radical (unpaired) electrons. The first kappa shape index (κ1) is 20.9. The van der Waals surface area contributed by atoms with Gasteiger partial charge in [-0.1, -0.05) is 24.3 Å². The maximum Gasteiger partial charge on any atom is 0.272 e. The SMILES string of the molecule is COc1ccccc1CNc1n[nH]c2nc([C@H]3CCCN(C(=O)c4ccccn4)C3)ccc12. The number of H-pyrrole nitrogens is 1. The highest BCUT2D eigenvalue weighted by molar-refractivity contribution is 5.92. The lowest BCUT2D eigenvalue weighted by atomic mass is 9.94. The van der Waals surface area contributed by atoms with Crippen molar-refractivity contribution in [1.29, 1.82) is 0 Å². The van der Waals surface area contributed by atoms with E-state index in [1.54, 1.807) is 19.4 Å². The summed E-state index contributed by atoms with van der Waals surface area (Å²) in [6.07, 6.45) is 3.59. The zero-order valence-corrected chi connectivity index (χ0v) is 18.5.